The number of aromatic hydroxyl groups is 1. The van der Waals surface area contributed by atoms with Crippen LogP contribution in [0, 0.1) is 10.1 Å². The first kappa shape index (κ1) is 17.0. The number of amides is 2. The Balaban J connectivity index is 2.40. The molecule has 0 atom stereocenters. The Hall–Kier alpha value is -2.40. The molecule has 11 heteroatoms. The molecule has 1 aromatic carbocycles. The van der Waals surface area contributed by atoms with Gasteiger partial charge in [0.15, 0.2) is 0 Å². The fourth-order valence-corrected chi connectivity index (χ4v) is 3.06. The van der Waals surface area contributed by atoms with Crippen LogP contribution in [0.2, 0.25) is 0 Å². The lowest BCUT2D eigenvalue weighted by Gasteiger charge is -2.07. The molecule has 1 saturated heterocycles. The highest BCUT2D eigenvalue weighted by Gasteiger charge is 2.36. The van der Waals surface area contributed by atoms with E-state index >= 15 is 0 Å². The number of carbonyl (C=O) groups is 3. The monoisotopic (exact) mass is 402 g/mol. The summed E-state index contributed by atoms with van der Waals surface area (Å²) in [4.78, 5) is 44.8. The van der Waals surface area contributed by atoms with Gasteiger partial charge >= 0.3 is 11.7 Å². The zero-order valence-electron chi connectivity index (χ0n) is 11.1. The Bertz CT molecular complexity index is 777. The maximum Gasteiger partial charge on any atom is 0.323 e. The van der Waals surface area contributed by atoms with Gasteiger partial charge in [-0.3, -0.25) is 29.4 Å². The number of carboxylic acid groups (broad SMARTS) is 1. The summed E-state index contributed by atoms with van der Waals surface area (Å²) in [5.41, 5.74) is -0.377. The summed E-state index contributed by atoms with van der Waals surface area (Å²) in [6, 6.07) is 2.36. The van der Waals surface area contributed by atoms with Gasteiger partial charge in [-0.2, -0.15) is 0 Å². The Morgan fingerprint density at radius 2 is 2.09 bits per heavy atom. The number of phenolic OH excluding ortho intramolecular Hbond substituents is 1. The molecule has 120 valence electrons. The maximum absolute atomic E-state index is 12.0. The molecule has 2 amide bonds. The van der Waals surface area contributed by atoms with Gasteiger partial charge in [0.1, 0.15) is 6.54 Å². The number of rotatable bonds is 4. The molecule has 23 heavy (non-hydrogen) atoms. The number of carboxylic acids is 1. The van der Waals surface area contributed by atoms with Gasteiger partial charge in [0, 0.05) is 6.07 Å². The molecule has 0 bridgehead atoms. The summed E-state index contributed by atoms with van der Waals surface area (Å²) < 4.78 is 0.0442. The quantitative estimate of drug-likeness (QED) is 0.443. The van der Waals surface area contributed by atoms with E-state index in [1.54, 1.807) is 0 Å². The molecule has 2 N–H and O–H groups in total. The number of imide groups is 1. The Morgan fingerprint density at radius 1 is 1.43 bits per heavy atom. The SMILES string of the molecule is O=C(O)CN1C(=O)S/C(=C/c2cc(Br)c(O)c([N+](=O)[O-])c2)C1=O. The van der Waals surface area contributed by atoms with Crippen LogP contribution in [0.1, 0.15) is 5.56 Å². The standard InChI is InChI=1S/C12H7BrN2O7S/c13-6-1-5(2-7(10(6)18)15(21)22)3-8-11(19)14(4-9(16)17)12(20)23-8/h1-3,18H,4H2,(H,16,17)/b8-3+. The van der Waals surface area contributed by atoms with Gasteiger partial charge in [-0.15, -0.1) is 0 Å². The van der Waals surface area contributed by atoms with Crippen LogP contribution in [0.25, 0.3) is 6.08 Å². The molecule has 0 aliphatic carbocycles. The molecule has 0 radical (unpaired) electrons. The van der Waals surface area contributed by atoms with E-state index in [2.05, 4.69) is 15.9 Å². The van der Waals surface area contributed by atoms with Crippen LogP contribution in [0.3, 0.4) is 0 Å². The number of aliphatic carboxylic acids is 1. The van der Waals surface area contributed by atoms with Crippen LogP contribution >= 0.6 is 27.7 Å². The van der Waals surface area contributed by atoms with E-state index in [9.17, 15) is 29.6 Å². The van der Waals surface area contributed by atoms with E-state index in [0.717, 1.165) is 6.07 Å². The number of phenols is 1. The van der Waals surface area contributed by atoms with E-state index in [1.165, 1.54) is 12.1 Å². The van der Waals surface area contributed by atoms with Crippen molar-refractivity contribution in [3.8, 4) is 5.75 Å². The van der Waals surface area contributed by atoms with E-state index in [0.29, 0.717) is 16.7 Å². The van der Waals surface area contributed by atoms with Crippen LogP contribution in [0.4, 0.5) is 10.5 Å². The average molecular weight is 403 g/mol. The van der Waals surface area contributed by atoms with Crippen LogP contribution in [-0.4, -0.2) is 43.7 Å². The number of carbonyl (C=O) groups excluding carboxylic acids is 2. The zero-order valence-corrected chi connectivity index (χ0v) is 13.5. The second-order valence-electron chi connectivity index (χ2n) is 4.29. The highest BCUT2D eigenvalue weighted by atomic mass is 79.9. The average Bonchev–Trinajstić information content (AvgIpc) is 2.69. The number of nitro groups is 1. The van der Waals surface area contributed by atoms with Gasteiger partial charge in [-0.25, -0.2) is 0 Å². The van der Waals surface area contributed by atoms with Gasteiger partial charge in [0.2, 0.25) is 5.75 Å². The zero-order chi connectivity index (χ0) is 17.3. The molecule has 1 aliphatic rings. The van der Waals surface area contributed by atoms with Crippen molar-refractivity contribution in [1.82, 2.24) is 4.90 Å². The number of benzene rings is 1. The fraction of sp³-hybridized carbons (Fsp3) is 0.0833. The van der Waals surface area contributed by atoms with Crippen molar-refractivity contribution in [3.05, 3.63) is 37.2 Å². The first-order chi connectivity index (χ1) is 10.7. The molecule has 0 unspecified atom stereocenters. The van der Waals surface area contributed by atoms with E-state index < -0.39 is 40.0 Å². The second-order valence-corrected chi connectivity index (χ2v) is 6.14. The molecule has 0 spiro atoms. The van der Waals surface area contributed by atoms with Crippen molar-refractivity contribution < 1.29 is 29.5 Å². The van der Waals surface area contributed by atoms with E-state index in [4.69, 9.17) is 5.11 Å². The highest BCUT2D eigenvalue weighted by molar-refractivity contribution is 9.10. The number of thioether (sulfide) groups is 1. The lowest BCUT2D eigenvalue weighted by atomic mass is 10.1. The molecule has 1 heterocycles. The minimum atomic E-state index is -1.34. The van der Waals surface area contributed by atoms with Crippen LogP contribution in [0.15, 0.2) is 21.5 Å². The summed E-state index contributed by atoms with van der Waals surface area (Å²) >= 11 is 3.49. The van der Waals surface area contributed by atoms with Crippen molar-refractivity contribution in [2.45, 2.75) is 0 Å². The summed E-state index contributed by atoms with van der Waals surface area (Å²) in [6.07, 6.45) is 1.21. The summed E-state index contributed by atoms with van der Waals surface area (Å²) in [5, 5.41) is 28.4. The van der Waals surface area contributed by atoms with Gasteiger partial charge in [0.25, 0.3) is 11.1 Å². The predicted molar refractivity (Wildman–Crippen MR) is 82.8 cm³/mol. The van der Waals surface area contributed by atoms with Gasteiger partial charge < -0.3 is 10.2 Å². The van der Waals surface area contributed by atoms with E-state index in [-0.39, 0.29) is 14.9 Å². The molecular formula is C12H7BrN2O7S. The van der Waals surface area contributed by atoms with Crippen molar-refractivity contribution in [2.75, 3.05) is 6.54 Å². The van der Waals surface area contributed by atoms with Crippen molar-refractivity contribution in [1.29, 1.82) is 0 Å². The minimum absolute atomic E-state index is 0.0442. The number of hydrogen-bond donors (Lipinski definition) is 2. The predicted octanol–water partition coefficient (Wildman–Crippen LogP) is 2.18. The fourth-order valence-electron chi connectivity index (χ4n) is 1.75. The summed E-state index contributed by atoms with van der Waals surface area (Å²) in [5.74, 6) is -2.70. The van der Waals surface area contributed by atoms with Crippen molar-refractivity contribution in [3.63, 3.8) is 0 Å². The molecule has 1 aliphatic heterocycles. The number of hydrogen-bond acceptors (Lipinski definition) is 7. The molecule has 1 aromatic rings. The highest BCUT2D eigenvalue weighted by Crippen LogP contribution is 2.37. The normalized spacial score (nSPS) is 16.2. The molecule has 1 fully saturated rings. The van der Waals surface area contributed by atoms with E-state index in [1.807, 2.05) is 0 Å². The summed E-state index contributed by atoms with van der Waals surface area (Å²) in [7, 11) is 0. The first-order valence-electron chi connectivity index (χ1n) is 5.84. The van der Waals surface area contributed by atoms with Crippen LogP contribution in [0.5, 0.6) is 5.75 Å². The number of nitro benzene ring substituents is 1. The molecular weight excluding hydrogens is 396 g/mol. The Kier molecular flexibility index (Phi) is 4.71. The molecule has 0 aromatic heterocycles. The van der Waals surface area contributed by atoms with Gasteiger partial charge in [-0.05, 0) is 45.4 Å². The third-order valence-electron chi connectivity index (χ3n) is 2.73. The van der Waals surface area contributed by atoms with Gasteiger partial charge in [-0.1, -0.05) is 0 Å². The molecule has 2 rings (SSSR count). The Labute approximate surface area is 140 Å². The third-order valence-corrected chi connectivity index (χ3v) is 4.24. The van der Waals surface area contributed by atoms with Crippen molar-refractivity contribution >= 4 is 56.6 Å². The minimum Gasteiger partial charge on any atom is -0.501 e. The van der Waals surface area contributed by atoms with Crippen LogP contribution in [-0.2, 0) is 9.59 Å². The van der Waals surface area contributed by atoms with Crippen LogP contribution < -0.4 is 0 Å². The van der Waals surface area contributed by atoms with Crippen molar-refractivity contribution in [2.24, 2.45) is 0 Å². The third kappa shape index (κ3) is 3.51. The smallest absolute Gasteiger partial charge is 0.323 e. The lowest BCUT2D eigenvalue weighted by Crippen LogP contribution is -2.33. The Morgan fingerprint density at radius 3 is 2.65 bits per heavy atom. The first-order valence-corrected chi connectivity index (χ1v) is 7.45. The summed E-state index contributed by atoms with van der Waals surface area (Å²) in [6.45, 7) is -0.762. The molecule has 9 nitrogen and oxygen atoms in total. The topological polar surface area (TPSA) is 138 Å². The largest absolute Gasteiger partial charge is 0.501 e. The lowest BCUT2D eigenvalue weighted by molar-refractivity contribution is -0.386. The molecule has 0 saturated carbocycles. The number of nitrogens with zero attached hydrogens (tertiary/aromatic N) is 2. The number of halogens is 1. The maximum atomic E-state index is 12.0. The van der Waals surface area contributed by atoms with Gasteiger partial charge in [0.05, 0.1) is 14.3 Å². The second kappa shape index (κ2) is 6.38.